The van der Waals surface area contributed by atoms with Crippen LogP contribution in [0.5, 0.6) is 5.75 Å². The molecule has 0 heterocycles. The molecule has 0 fully saturated rings. The van der Waals surface area contributed by atoms with Crippen molar-refractivity contribution in [2.45, 2.75) is 64.1 Å². The molecule has 2 amide bonds. The zero-order valence-corrected chi connectivity index (χ0v) is 26.8. The number of methoxy groups -OCH3 is 1. The van der Waals surface area contributed by atoms with Gasteiger partial charge in [0.25, 0.3) is 10.0 Å². The third kappa shape index (κ3) is 8.18. The van der Waals surface area contributed by atoms with Crippen LogP contribution in [0.15, 0.2) is 71.6 Å². The van der Waals surface area contributed by atoms with Gasteiger partial charge < -0.3 is 15.0 Å². The van der Waals surface area contributed by atoms with E-state index in [1.807, 2.05) is 20.8 Å². The summed E-state index contributed by atoms with van der Waals surface area (Å²) in [4.78, 5) is 29.0. The molecule has 0 aromatic heterocycles. The third-order valence-electron chi connectivity index (χ3n) is 6.95. The van der Waals surface area contributed by atoms with Crippen molar-refractivity contribution in [1.82, 2.24) is 10.2 Å². The monoisotopic (exact) mass is 633 g/mol. The molecule has 0 saturated heterocycles. The first-order valence-electron chi connectivity index (χ1n) is 13.7. The van der Waals surface area contributed by atoms with Crippen LogP contribution in [0.25, 0.3) is 0 Å². The van der Waals surface area contributed by atoms with Crippen LogP contribution in [-0.4, -0.2) is 50.9 Å². The normalized spacial score (nSPS) is 12.7. The summed E-state index contributed by atoms with van der Waals surface area (Å²) in [5.41, 5.74) is 1.78. The lowest BCUT2D eigenvalue weighted by atomic mass is 10.1. The van der Waals surface area contributed by atoms with Crippen LogP contribution < -0.4 is 14.4 Å². The zero-order valence-electron chi connectivity index (χ0n) is 24.4. The van der Waals surface area contributed by atoms with Crippen LogP contribution in [0.4, 0.5) is 5.69 Å². The van der Waals surface area contributed by atoms with E-state index in [0.29, 0.717) is 34.2 Å². The van der Waals surface area contributed by atoms with Gasteiger partial charge in [0, 0.05) is 18.7 Å². The number of hydrogen-bond acceptors (Lipinski definition) is 5. The van der Waals surface area contributed by atoms with Crippen LogP contribution in [0.1, 0.15) is 44.7 Å². The van der Waals surface area contributed by atoms with E-state index < -0.39 is 28.5 Å². The molecule has 1 N–H and O–H groups in total. The lowest BCUT2D eigenvalue weighted by Gasteiger charge is -2.34. The van der Waals surface area contributed by atoms with Crippen molar-refractivity contribution in [3.05, 3.63) is 87.9 Å². The van der Waals surface area contributed by atoms with E-state index in [1.165, 1.54) is 24.1 Å². The SMILES string of the molecule is CCC(C)NC(=O)C(CC)N(Cc1ccc(Cl)c(Cl)c1)C(=O)CN(c1cccc(OC)c1)S(=O)(=O)c1ccc(C)cc1. The number of benzene rings is 3. The third-order valence-corrected chi connectivity index (χ3v) is 9.48. The lowest BCUT2D eigenvalue weighted by molar-refractivity contribution is -0.140. The Morgan fingerprint density at radius 2 is 1.64 bits per heavy atom. The first-order chi connectivity index (χ1) is 19.9. The molecule has 226 valence electrons. The van der Waals surface area contributed by atoms with Gasteiger partial charge in [0.15, 0.2) is 0 Å². The summed E-state index contributed by atoms with van der Waals surface area (Å²) in [5.74, 6) is -0.462. The van der Waals surface area contributed by atoms with Gasteiger partial charge in [-0.15, -0.1) is 0 Å². The number of ether oxygens (including phenoxy) is 1. The Balaban J connectivity index is 2.09. The number of carbonyl (C=O) groups excluding carboxylic acids is 2. The van der Waals surface area contributed by atoms with Crippen molar-refractivity contribution in [1.29, 1.82) is 0 Å². The second-order valence-electron chi connectivity index (χ2n) is 10.0. The smallest absolute Gasteiger partial charge is 0.264 e. The minimum Gasteiger partial charge on any atom is -0.497 e. The van der Waals surface area contributed by atoms with E-state index in [2.05, 4.69) is 5.32 Å². The molecule has 3 aromatic carbocycles. The highest BCUT2D eigenvalue weighted by atomic mass is 35.5. The number of halogens is 2. The number of anilines is 1. The van der Waals surface area contributed by atoms with Crippen molar-refractivity contribution in [2.75, 3.05) is 18.0 Å². The van der Waals surface area contributed by atoms with Crippen LogP contribution >= 0.6 is 23.2 Å². The molecular formula is C31H37Cl2N3O5S. The molecule has 42 heavy (non-hydrogen) atoms. The zero-order chi connectivity index (χ0) is 31.0. The summed E-state index contributed by atoms with van der Waals surface area (Å²) in [6, 6.07) is 16.9. The molecular weight excluding hydrogens is 597 g/mol. The molecule has 0 spiro atoms. The van der Waals surface area contributed by atoms with E-state index >= 15 is 0 Å². The van der Waals surface area contributed by atoms with Gasteiger partial charge >= 0.3 is 0 Å². The molecule has 0 saturated carbocycles. The maximum atomic E-state index is 14.2. The standard InChI is InChI=1S/C31H37Cl2N3O5S/c1-6-22(4)34-31(38)29(7-2)35(19-23-13-16-27(32)28(33)17-23)30(37)20-36(24-9-8-10-25(18-24)41-5)42(39,40)26-14-11-21(3)12-15-26/h8-18,22,29H,6-7,19-20H2,1-5H3,(H,34,38). The molecule has 0 radical (unpaired) electrons. The topological polar surface area (TPSA) is 96.0 Å². The van der Waals surface area contributed by atoms with Crippen LogP contribution in [0, 0.1) is 6.92 Å². The Kier molecular flexibility index (Phi) is 11.7. The summed E-state index contributed by atoms with van der Waals surface area (Å²) >= 11 is 12.4. The fourth-order valence-electron chi connectivity index (χ4n) is 4.33. The molecule has 0 bridgehead atoms. The number of amides is 2. The number of nitrogens with one attached hydrogen (secondary N) is 1. The van der Waals surface area contributed by atoms with Gasteiger partial charge in [-0.3, -0.25) is 13.9 Å². The van der Waals surface area contributed by atoms with E-state index in [-0.39, 0.29) is 29.1 Å². The molecule has 0 aliphatic heterocycles. The second-order valence-corrected chi connectivity index (χ2v) is 12.7. The van der Waals surface area contributed by atoms with Gasteiger partial charge in [-0.2, -0.15) is 0 Å². The molecule has 3 aromatic rings. The van der Waals surface area contributed by atoms with E-state index in [1.54, 1.807) is 61.5 Å². The minimum absolute atomic E-state index is 0.0126. The summed E-state index contributed by atoms with van der Waals surface area (Å²) in [6.45, 7) is 6.95. The summed E-state index contributed by atoms with van der Waals surface area (Å²) in [5, 5.41) is 3.61. The molecule has 0 aliphatic rings. The molecule has 2 unspecified atom stereocenters. The van der Waals surface area contributed by atoms with Gasteiger partial charge in [-0.25, -0.2) is 8.42 Å². The van der Waals surface area contributed by atoms with Gasteiger partial charge in [-0.05, 0) is 68.7 Å². The van der Waals surface area contributed by atoms with E-state index in [4.69, 9.17) is 27.9 Å². The Morgan fingerprint density at radius 3 is 2.24 bits per heavy atom. The number of carbonyl (C=O) groups is 2. The average Bonchev–Trinajstić information content (AvgIpc) is 2.97. The van der Waals surface area contributed by atoms with Gasteiger partial charge in [0.1, 0.15) is 18.3 Å². The lowest BCUT2D eigenvalue weighted by Crippen LogP contribution is -2.53. The van der Waals surface area contributed by atoms with Crippen molar-refractivity contribution in [3.63, 3.8) is 0 Å². The Morgan fingerprint density at radius 1 is 0.952 bits per heavy atom. The first kappa shape index (κ1) is 33.2. The molecule has 11 heteroatoms. The van der Waals surface area contributed by atoms with Gasteiger partial charge in [0.2, 0.25) is 11.8 Å². The summed E-state index contributed by atoms with van der Waals surface area (Å²) in [6.07, 6.45) is 1.01. The summed E-state index contributed by atoms with van der Waals surface area (Å²) < 4.78 is 34.4. The van der Waals surface area contributed by atoms with Crippen LogP contribution in [0.2, 0.25) is 10.0 Å². The highest BCUT2D eigenvalue weighted by Gasteiger charge is 2.34. The predicted molar refractivity (Wildman–Crippen MR) is 168 cm³/mol. The van der Waals surface area contributed by atoms with Gasteiger partial charge in [0.05, 0.1) is 27.7 Å². The van der Waals surface area contributed by atoms with Crippen molar-refractivity contribution >= 4 is 50.7 Å². The number of sulfonamides is 1. The Bertz CT molecular complexity index is 1500. The quantitative estimate of drug-likeness (QED) is 0.241. The minimum atomic E-state index is -4.19. The molecule has 0 aliphatic carbocycles. The number of rotatable bonds is 13. The summed E-state index contributed by atoms with van der Waals surface area (Å²) in [7, 11) is -2.72. The molecule has 8 nitrogen and oxygen atoms in total. The first-order valence-corrected chi connectivity index (χ1v) is 15.9. The second kappa shape index (κ2) is 14.8. The fraction of sp³-hybridized carbons (Fsp3) is 0.355. The van der Waals surface area contributed by atoms with Crippen molar-refractivity contribution in [2.24, 2.45) is 0 Å². The Hall–Kier alpha value is -3.27. The Labute approximate surface area is 258 Å². The molecule has 2 atom stereocenters. The maximum Gasteiger partial charge on any atom is 0.264 e. The highest BCUT2D eigenvalue weighted by molar-refractivity contribution is 7.92. The van der Waals surface area contributed by atoms with Gasteiger partial charge in [-0.1, -0.05) is 66.9 Å². The van der Waals surface area contributed by atoms with E-state index in [0.717, 1.165) is 9.87 Å². The largest absolute Gasteiger partial charge is 0.497 e. The van der Waals surface area contributed by atoms with E-state index in [9.17, 15) is 18.0 Å². The molecule has 3 rings (SSSR count). The van der Waals surface area contributed by atoms with Crippen molar-refractivity contribution < 1.29 is 22.7 Å². The fourth-order valence-corrected chi connectivity index (χ4v) is 6.05. The number of nitrogens with zero attached hydrogens (tertiary/aromatic N) is 2. The highest BCUT2D eigenvalue weighted by Crippen LogP contribution is 2.29. The maximum absolute atomic E-state index is 14.2. The number of aryl methyl sites for hydroxylation is 1. The van der Waals surface area contributed by atoms with Crippen LogP contribution in [0.3, 0.4) is 0 Å². The van der Waals surface area contributed by atoms with Crippen LogP contribution in [-0.2, 0) is 26.2 Å². The van der Waals surface area contributed by atoms with Crippen molar-refractivity contribution in [3.8, 4) is 5.75 Å². The average molecular weight is 635 g/mol. The predicted octanol–water partition coefficient (Wildman–Crippen LogP) is 6.23. The number of hydrogen-bond donors (Lipinski definition) is 1.